The monoisotopic (exact) mass is 186 g/mol. The molecule has 0 radical (unpaired) electrons. The summed E-state index contributed by atoms with van der Waals surface area (Å²) in [5, 5.41) is 0.726. The van der Waals surface area contributed by atoms with E-state index < -0.39 is 0 Å². The van der Waals surface area contributed by atoms with Crippen LogP contribution in [0.3, 0.4) is 0 Å². The number of carbonyl (C=O) groups excluding carboxylic acids is 1. The van der Waals surface area contributed by atoms with Gasteiger partial charge in [0, 0.05) is 10.6 Å². The average molecular weight is 187 g/mol. The molecule has 0 atom stereocenters. The first kappa shape index (κ1) is 8.62. The molecular weight excluding hydrogens is 180 g/mol. The fourth-order valence-electron chi connectivity index (χ4n) is 0.704. The molecule has 58 valence electrons. The molecule has 0 amide bonds. The van der Waals surface area contributed by atoms with Crippen LogP contribution in [0, 0.1) is 0 Å². The van der Waals surface area contributed by atoms with Crippen LogP contribution in [-0.2, 0) is 0 Å². The largest absolute Gasteiger partial charge is 0.282 e. The Balaban J connectivity index is 2.90. The molecule has 0 heterocycles. The predicted molar refractivity (Wildman–Crippen MR) is 49.3 cm³/mol. The van der Waals surface area contributed by atoms with Gasteiger partial charge in [-0.2, -0.15) is 0 Å². The van der Waals surface area contributed by atoms with Crippen LogP contribution in [-0.4, -0.2) is 11.4 Å². The molecule has 0 unspecified atom stereocenters. The normalized spacial score (nSPS) is 9.64. The molecule has 0 fully saturated rings. The van der Waals surface area contributed by atoms with Crippen LogP contribution < -0.4 is 0 Å². The second-order valence-electron chi connectivity index (χ2n) is 2.00. The molecule has 0 N–H and O–H groups in total. The minimum absolute atomic E-state index is 0.0710. The lowest BCUT2D eigenvalue weighted by atomic mass is 10.2. The third kappa shape index (κ3) is 2.24. The van der Waals surface area contributed by atoms with Gasteiger partial charge in [-0.15, -0.1) is 0 Å². The lowest BCUT2D eigenvalue weighted by Gasteiger charge is -1.95. The van der Waals surface area contributed by atoms with Crippen molar-refractivity contribution in [3.05, 3.63) is 34.9 Å². The third-order valence-corrected chi connectivity index (χ3v) is 2.12. The maximum absolute atomic E-state index is 11.0. The highest BCUT2D eigenvalue weighted by Gasteiger charge is 2.01. The van der Waals surface area contributed by atoms with Gasteiger partial charge in [0.25, 0.3) is 0 Å². The number of carbonyl (C=O) groups is 1. The average Bonchev–Trinajstić information content (AvgIpc) is 2.05. The minimum atomic E-state index is 0.0710. The summed E-state index contributed by atoms with van der Waals surface area (Å²) in [6, 6.07) is 6.87. The molecule has 1 rings (SSSR count). The molecular formula is C8H7ClOS. The van der Waals surface area contributed by atoms with Gasteiger partial charge >= 0.3 is 0 Å². The Morgan fingerprint density at radius 1 is 1.36 bits per heavy atom. The van der Waals surface area contributed by atoms with Crippen molar-refractivity contribution < 1.29 is 4.79 Å². The van der Waals surface area contributed by atoms with E-state index in [9.17, 15) is 4.79 Å². The molecule has 0 saturated heterocycles. The van der Waals surface area contributed by atoms with Crippen molar-refractivity contribution in [2.75, 3.05) is 6.26 Å². The van der Waals surface area contributed by atoms with E-state index >= 15 is 0 Å². The molecule has 0 aliphatic carbocycles. The Labute approximate surface area is 74.7 Å². The van der Waals surface area contributed by atoms with Crippen LogP contribution in [0.2, 0.25) is 5.02 Å². The lowest BCUT2D eigenvalue weighted by Crippen LogP contribution is -1.90. The fourth-order valence-corrected chi connectivity index (χ4v) is 1.20. The number of hydrogen-bond donors (Lipinski definition) is 0. The molecule has 1 aromatic carbocycles. The zero-order valence-electron chi connectivity index (χ0n) is 6.00. The van der Waals surface area contributed by atoms with E-state index in [0.29, 0.717) is 10.6 Å². The van der Waals surface area contributed by atoms with Crippen molar-refractivity contribution in [1.29, 1.82) is 0 Å². The highest BCUT2D eigenvalue weighted by Crippen LogP contribution is 2.13. The minimum Gasteiger partial charge on any atom is -0.282 e. The molecule has 3 heteroatoms. The van der Waals surface area contributed by atoms with Crippen molar-refractivity contribution >= 4 is 28.5 Å². The fraction of sp³-hybridized carbons (Fsp3) is 0.125. The molecule has 0 aliphatic rings. The molecule has 0 spiro atoms. The number of thioether (sulfide) groups is 1. The predicted octanol–water partition coefficient (Wildman–Crippen LogP) is 2.84. The first-order valence-electron chi connectivity index (χ1n) is 3.08. The Hall–Kier alpha value is -0.470. The molecule has 0 aromatic heterocycles. The molecule has 11 heavy (non-hydrogen) atoms. The second-order valence-corrected chi connectivity index (χ2v) is 3.21. The van der Waals surface area contributed by atoms with Crippen LogP contribution in [0.4, 0.5) is 0 Å². The van der Waals surface area contributed by atoms with Crippen LogP contribution in [0.25, 0.3) is 0 Å². The SMILES string of the molecule is CSC(=O)c1ccc(Cl)cc1. The molecule has 1 aromatic rings. The third-order valence-electron chi connectivity index (χ3n) is 1.27. The van der Waals surface area contributed by atoms with Gasteiger partial charge in [-0.1, -0.05) is 23.4 Å². The van der Waals surface area contributed by atoms with Gasteiger partial charge in [-0.05, 0) is 30.5 Å². The van der Waals surface area contributed by atoms with E-state index in [1.165, 1.54) is 11.8 Å². The summed E-state index contributed by atoms with van der Waals surface area (Å²) in [6.45, 7) is 0. The molecule has 1 nitrogen and oxygen atoms in total. The standard InChI is InChI=1S/C8H7ClOS/c1-11-8(10)6-2-4-7(9)5-3-6/h2-5H,1H3. The topological polar surface area (TPSA) is 17.1 Å². The summed E-state index contributed by atoms with van der Waals surface area (Å²) in [5.41, 5.74) is 0.696. The van der Waals surface area contributed by atoms with Gasteiger partial charge in [0.1, 0.15) is 0 Å². The molecule has 0 saturated carbocycles. The van der Waals surface area contributed by atoms with Crippen molar-refractivity contribution in [1.82, 2.24) is 0 Å². The van der Waals surface area contributed by atoms with Crippen molar-refractivity contribution in [2.45, 2.75) is 0 Å². The first-order valence-corrected chi connectivity index (χ1v) is 4.68. The van der Waals surface area contributed by atoms with E-state index in [0.717, 1.165) is 0 Å². The van der Waals surface area contributed by atoms with Gasteiger partial charge in [0.2, 0.25) is 5.12 Å². The van der Waals surface area contributed by atoms with Crippen molar-refractivity contribution in [2.24, 2.45) is 0 Å². The number of halogens is 1. The summed E-state index contributed by atoms with van der Waals surface area (Å²) in [7, 11) is 0. The molecule has 0 aliphatic heterocycles. The van der Waals surface area contributed by atoms with E-state index in [4.69, 9.17) is 11.6 Å². The van der Waals surface area contributed by atoms with Crippen LogP contribution in [0.15, 0.2) is 24.3 Å². The molecule has 0 bridgehead atoms. The van der Waals surface area contributed by atoms with Gasteiger partial charge in [-0.25, -0.2) is 0 Å². The smallest absolute Gasteiger partial charge is 0.219 e. The van der Waals surface area contributed by atoms with E-state index in [1.807, 2.05) is 0 Å². The summed E-state index contributed by atoms with van der Waals surface area (Å²) < 4.78 is 0. The zero-order valence-corrected chi connectivity index (χ0v) is 7.58. The van der Waals surface area contributed by atoms with Gasteiger partial charge in [-0.3, -0.25) is 4.79 Å². The number of hydrogen-bond acceptors (Lipinski definition) is 2. The van der Waals surface area contributed by atoms with Crippen molar-refractivity contribution in [3.8, 4) is 0 Å². The Morgan fingerprint density at radius 3 is 2.36 bits per heavy atom. The Morgan fingerprint density at radius 2 is 1.91 bits per heavy atom. The quantitative estimate of drug-likeness (QED) is 0.671. The second kappa shape index (κ2) is 3.79. The van der Waals surface area contributed by atoms with Crippen LogP contribution in [0.1, 0.15) is 10.4 Å². The Bertz CT molecular complexity index is 255. The summed E-state index contributed by atoms with van der Waals surface area (Å²) in [6.07, 6.45) is 1.76. The summed E-state index contributed by atoms with van der Waals surface area (Å²) in [4.78, 5) is 11.0. The van der Waals surface area contributed by atoms with E-state index in [-0.39, 0.29) is 5.12 Å². The highest BCUT2D eigenvalue weighted by atomic mass is 35.5. The van der Waals surface area contributed by atoms with Crippen molar-refractivity contribution in [3.63, 3.8) is 0 Å². The maximum atomic E-state index is 11.0. The lowest BCUT2D eigenvalue weighted by molar-refractivity contribution is 0.108. The van der Waals surface area contributed by atoms with Gasteiger partial charge in [0.05, 0.1) is 0 Å². The van der Waals surface area contributed by atoms with Gasteiger partial charge in [0.15, 0.2) is 0 Å². The Kier molecular flexibility index (Phi) is 2.97. The van der Waals surface area contributed by atoms with Crippen LogP contribution >= 0.6 is 23.4 Å². The number of benzene rings is 1. The number of rotatable bonds is 1. The first-order chi connectivity index (χ1) is 5.24. The van der Waals surface area contributed by atoms with E-state index in [2.05, 4.69) is 0 Å². The zero-order chi connectivity index (χ0) is 8.27. The summed E-state index contributed by atoms with van der Waals surface area (Å²) >= 11 is 6.84. The maximum Gasteiger partial charge on any atom is 0.219 e. The van der Waals surface area contributed by atoms with E-state index in [1.54, 1.807) is 30.5 Å². The summed E-state index contributed by atoms with van der Waals surface area (Å²) in [5.74, 6) is 0. The highest BCUT2D eigenvalue weighted by molar-refractivity contribution is 8.13. The van der Waals surface area contributed by atoms with Crippen LogP contribution in [0.5, 0.6) is 0 Å². The van der Waals surface area contributed by atoms with Gasteiger partial charge < -0.3 is 0 Å².